The minimum atomic E-state index is -4.44. The molecule has 0 bridgehead atoms. The zero-order valence-electron chi connectivity index (χ0n) is 13.7. The van der Waals surface area contributed by atoms with Gasteiger partial charge in [0.25, 0.3) is 20.1 Å². The number of sulfonamides is 1. The van der Waals surface area contributed by atoms with E-state index in [0.717, 1.165) is 6.07 Å². The number of hydrogen-bond acceptors (Lipinski definition) is 5. The summed E-state index contributed by atoms with van der Waals surface area (Å²) >= 11 is 0. The molecule has 0 radical (unpaired) electrons. The monoisotopic (exact) mass is 401 g/mol. The van der Waals surface area contributed by atoms with Gasteiger partial charge in [0.2, 0.25) is 0 Å². The molecule has 7 nitrogen and oxygen atoms in total. The van der Waals surface area contributed by atoms with Crippen LogP contribution in [0, 0.1) is 0 Å². The number of nitrogen functional groups attached to an aromatic ring is 1. The molecule has 0 saturated heterocycles. The van der Waals surface area contributed by atoms with Gasteiger partial charge in [0.15, 0.2) is 0 Å². The van der Waals surface area contributed by atoms with Crippen molar-refractivity contribution in [1.29, 1.82) is 0 Å². The van der Waals surface area contributed by atoms with E-state index in [1.807, 2.05) is 0 Å². The van der Waals surface area contributed by atoms with Crippen molar-refractivity contribution in [3.8, 4) is 0 Å². The average Bonchev–Trinajstić information content (AvgIpc) is 2.54. The Labute approximate surface area is 173 Å². The predicted octanol–water partition coefficient (Wildman–Crippen LogP) is -0.526. The molecular weight excluding hydrogens is 387 g/mol. The Bertz CT molecular complexity index is 1160. The Morgan fingerprint density at radius 1 is 0.808 bits per heavy atom. The van der Waals surface area contributed by atoms with E-state index in [1.165, 1.54) is 36.4 Å². The maximum Gasteiger partial charge on any atom is 1.00 e. The van der Waals surface area contributed by atoms with Gasteiger partial charge in [0.05, 0.1) is 10.6 Å². The summed E-state index contributed by atoms with van der Waals surface area (Å²) in [5, 5.41) is 0.555. The molecule has 26 heavy (non-hydrogen) atoms. The number of benzene rings is 3. The van der Waals surface area contributed by atoms with E-state index in [4.69, 9.17) is 5.73 Å². The maximum absolute atomic E-state index is 12.5. The largest absolute Gasteiger partial charge is 1.00 e. The van der Waals surface area contributed by atoms with Crippen molar-refractivity contribution in [3.63, 3.8) is 0 Å². The van der Waals surface area contributed by atoms with E-state index < -0.39 is 20.1 Å². The molecule has 0 aliphatic heterocycles. The molecule has 0 fully saturated rings. The first kappa shape index (κ1) is 20.7. The smallest absolute Gasteiger partial charge is 0.399 e. The Morgan fingerprint density at radius 2 is 1.38 bits per heavy atom. The van der Waals surface area contributed by atoms with Crippen LogP contribution in [0.25, 0.3) is 10.8 Å². The third-order valence-electron chi connectivity index (χ3n) is 3.60. The van der Waals surface area contributed by atoms with Crippen LogP contribution < -0.4 is 40.0 Å². The van der Waals surface area contributed by atoms with Crippen molar-refractivity contribution in [2.24, 2.45) is 0 Å². The van der Waals surface area contributed by atoms with Gasteiger partial charge in [-0.3, -0.25) is 9.27 Å². The summed E-state index contributed by atoms with van der Waals surface area (Å²) in [5.41, 5.74) is 6.19. The van der Waals surface area contributed by atoms with Gasteiger partial charge in [-0.05, 0) is 36.4 Å². The van der Waals surface area contributed by atoms with Crippen LogP contribution in [0.5, 0.6) is 0 Å². The van der Waals surface area contributed by atoms with Gasteiger partial charge < -0.3 is 5.73 Å². The molecule has 0 spiro atoms. The molecule has 3 rings (SSSR count). The quantitative estimate of drug-likeness (QED) is 0.307. The summed E-state index contributed by atoms with van der Waals surface area (Å²) in [6.07, 6.45) is 0. The molecule has 0 aliphatic rings. The molecule has 10 heteroatoms. The SMILES string of the molecule is Nc1ccc(S(=O)(=O)Nc2ccc(S(=O)(=O)O)c3ccccc23)cc1.[Na+]. The second-order valence-electron chi connectivity index (χ2n) is 5.31. The number of anilines is 2. The van der Waals surface area contributed by atoms with E-state index in [-0.39, 0.29) is 50.4 Å². The van der Waals surface area contributed by atoms with Crippen LogP contribution in [0.4, 0.5) is 11.4 Å². The van der Waals surface area contributed by atoms with E-state index in [9.17, 15) is 21.4 Å². The molecule has 3 aromatic rings. The van der Waals surface area contributed by atoms with E-state index in [0.29, 0.717) is 11.1 Å². The molecule has 3 aromatic carbocycles. The Morgan fingerprint density at radius 3 is 1.96 bits per heavy atom. The van der Waals surface area contributed by atoms with Crippen LogP contribution in [-0.2, 0) is 20.1 Å². The van der Waals surface area contributed by atoms with Gasteiger partial charge in [-0.15, -0.1) is 0 Å². The summed E-state index contributed by atoms with van der Waals surface area (Å²) in [4.78, 5) is -0.275. The normalized spacial score (nSPS) is 11.7. The molecule has 130 valence electrons. The summed E-state index contributed by atoms with van der Waals surface area (Å²) in [7, 11) is -8.33. The van der Waals surface area contributed by atoms with Crippen molar-refractivity contribution >= 4 is 42.3 Å². The van der Waals surface area contributed by atoms with Crippen molar-refractivity contribution in [3.05, 3.63) is 60.7 Å². The van der Waals surface area contributed by atoms with Crippen molar-refractivity contribution in [1.82, 2.24) is 0 Å². The molecule has 4 N–H and O–H groups in total. The van der Waals surface area contributed by atoms with Crippen LogP contribution in [0.15, 0.2) is 70.5 Å². The summed E-state index contributed by atoms with van der Waals surface area (Å²) < 4.78 is 59.8. The van der Waals surface area contributed by atoms with Crippen molar-refractivity contribution < 1.29 is 50.9 Å². The third kappa shape index (κ3) is 4.20. The minimum absolute atomic E-state index is 0. The molecule has 0 aromatic heterocycles. The van der Waals surface area contributed by atoms with E-state index in [1.54, 1.807) is 18.2 Å². The first-order valence-electron chi connectivity index (χ1n) is 7.06. The molecule has 0 heterocycles. The zero-order chi connectivity index (χ0) is 18.2. The topological polar surface area (TPSA) is 127 Å². The maximum atomic E-state index is 12.5. The Kier molecular flexibility index (Phi) is 6.01. The number of fused-ring (bicyclic) bond motifs is 1. The first-order valence-corrected chi connectivity index (χ1v) is 9.98. The van der Waals surface area contributed by atoms with Gasteiger partial charge >= 0.3 is 29.6 Å². The second-order valence-corrected chi connectivity index (χ2v) is 8.38. The van der Waals surface area contributed by atoms with Gasteiger partial charge in [0.1, 0.15) is 4.90 Å². The molecule has 0 unspecified atom stereocenters. The van der Waals surface area contributed by atoms with Gasteiger partial charge in [-0.2, -0.15) is 8.42 Å². The van der Waals surface area contributed by atoms with E-state index >= 15 is 0 Å². The third-order valence-corrected chi connectivity index (χ3v) is 5.89. The van der Waals surface area contributed by atoms with Crippen LogP contribution >= 0.6 is 0 Å². The van der Waals surface area contributed by atoms with Gasteiger partial charge in [-0.25, -0.2) is 8.42 Å². The number of rotatable bonds is 4. The average molecular weight is 401 g/mol. The first-order chi connectivity index (χ1) is 11.7. The fourth-order valence-corrected chi connectivity index (χ4v) is 4.21. The van der Waals surface area contributed by atoms with Gasteiger partial charge in [-0.1, -0.05) is 24.3 Å². The molecule has 0 saturated carbocycles. The Balaban J connectivity index is 0.00000243. The molecule has 0 aliphatic carbocycles. The van der Waals surface area contributed by atoms with Crippen molar-refractivity contribution in [2.45, 2.75) is 9.79 Å². The number of nitrogens with one attached hydrogen (secondary N) is 1. The van der Waals surface area contributed by atoms with Crippen LogP contribution in [0.3, 0.4) is 0 Å². The van der Waals surface area contributed by atoms with Crippen LogP contribution in [-0.4, -0.2) is 21.4 Å². The van der Waals surface area contributed by atoms with Crippen molar-refractivity contribution in [2.75, 3.05) is 10.5 Å². The molecule has 0 atom stereocenters. The summed E-state index contributed by atoms with van der Waals surface area (Å²) in [6.45, 7) is 0. The van der Waals surface area contributed by atoms with E-state index in [2.05, 4.69) is 4.72 Å². The minimum Gasteiger partial charge on any atom is -0.399 e. The van der Waals surface area contributed by atoms with Crippen LogP contribution in [0.2, 0.25) is 0 Å². The van der Waals surface area contributed by atoms with Crippen LogP contribution in [0.1, 0.15) is 0 Å². The van der Waals surface area contributed by atoms with Gasteiger partial charge in [0, 0.05) is 16.5 Å². The summed E-state index contributed by atoms with van der Waals surface area (Å²) in [5.74, 6) is 0. The zero-order valence-corrected chi connectivity index (χ0v) is 17.4. The molecular formula is C16H14N2NaO5S2+. The fraction of sp³-hybridized carbons (Fsp3) is 0. The predicted molar refractivity (Wildman–Crippen MR) is 95.4 cm³/mol. The number of hydrogen-bond donors (Lipinski definition) is 3. The second kappa shape index (κ2) is 7.55. The Hall–Kier alpha value is -1.62. The fourth-order valence-electron chi connectivity index (χ4n) is 2.44. The summed E-state index contributed by atoms with van der Waals surface area (Å²) in [6, 6.07) is 14.4. The number of nitrogens with two attached hydrogens (primary N) is 1. The molecule has 0 amide bonds. The standard InChI is InChI=1S/C16H14N2O5S2.Na/c17-11-5-7-12(8-6-11)24(19,20)18-15-9-10-16(25(21,22)23)14-4-2-1-3-13(14)15;/h1-10,18H,17H2,(H,21,22,23);/q;+1.